The molecule has 0 saturated heterocycles. The largest absolute Gasteiger partial charge is 0.361 e. The summed E-state index contributed by atoms with van der Waals surface area (Å²) in [6, 6.07) is 8.69. The van der Waals surface area contributed by atoms with Crippen molar-refractivity contribution >= 4 is 15.7 Å². The van der Waals surface area contributed by atoms with E-state index in [1.165, 1.54) is 0 Å². The number of sulfonamides is 1. The molecule has 2 heterocycles. The minimum Gasteiger partial charge on any atom is -0.361 e. The number of hydrogen-bond acceptors (Lipinski definition) is 5. The van der Waals surface area contributed by atoms with Crippen LogP contribution in [0, 0.1) is 6.92 Å². The molecule has 0 unspecified atom stereocenters. The zero-order chi connectivity index (χ0) is 16.4. The van der Waals surface area contributed by atoms with E-state index in [9.17, 15) is 8.42 Å². The van der Waals surface area contributed by atoms with Crippen LogP contribution in [0.5, 0.6) is 0 Å². The van der Waals surface area contributed by atoms with Gasteiger partial charge in [-0.1, -0.05) is 17.3 Å². The molecule has 0 aliphatic heterocycles. The number of aromatic nitrogens is 3. The van der Waals surface area contributed by atoms with Crippen molar-refractivity contribution in [2.75, 3.05) is 4.72 Å². The fourth-order valence-corrected chi connectivity index (χ4v) is 3.35. The van der Waals surface area contributed by atoms with Crippen LogP contribution in [0.3, 0.4) is 0 Å². The van der Waals surface area contributed by atoms with Crippen molar-refractivity contribution in [1.82, 2.24) is 14.7 Å². The molecule has 0 fully saturated rings. The number of nitrogens with zero attached hydrogens (tertiary/aromatic N) is 3. The lowest BCUT2D eigenvalue weighted by Gasteiger charge is -2.08. The first-order chi connectivity index (χ1) is 10.9. The van der Waals surface area contributed by atoms with E-state index in [4.69, 9.17) is 4.52 Å². The minimum absolute atomic E-state index is 0.239. The van der Waals surface area contributed by atoms with Crippen molar-refractivity contribution in [1.29, 1.82) is 0 Å². The standard InChI is InChI=1S/C15H16N4O3S/c1-11-8-14(17-22-11)10-23(20,21)18-13-5-3-4-12(9-13)15-16-6-7-19(15)2/h3-9,18H,10H2,1-2H3. The molecule has 23 heavy (non-hydrogen) atoms. The highest BCUT2D eigenvalue weighted by Crippen LogP contribution is 2.22. The van der Waals surface area contributed by atoms with Crippen LogP contribution in [0.2, 0.25) is 0 Å². The smallest absolute Gasteiger partial charge is 0.238 e. The first-order valence-electron chi connectivity index (χ1n) is 6.93. The van der Waals surface area contributed by atoms with E-state index in [1.807, 2.05) is 23.9 Å². The van der Waals surface area contributed by atoms with Crippen LogP contribution in [-0.4, -0.2) is 23.1 Å². The summed E-state index contributed by atoms with van der Waals surface area (Å²) in [4.78, 5) is 4.26. The zero-order valence-electron chi connectivity index (χ0n) is 12.7. The summed E-state index contributed by atoms with van der Waals surface area (Å²) in [6.45, 7) is 1.72. The van der Waals surface area contributed by atoms with E-state index in [0.717, 1.165) is 11.4 Å². The second kappa shape index (κ2) is 5.88. The van der Waals surface area contributed by atoms with Crippen LogP contribution in [0.15, 0.2) is 47.2 Å². The third kappa shape index (κ3) is 3.59. The van der Waals surface area contributed by atoms with Gasteiger partial charge in [-0.05, 0) is 19.1 Å². The van der Waals surface area contributed by atoms with Gasteiger partial charge in [0.2, 0.25) is 10.0 Å². The minimum atomic E-state index is -3.57. The average Bonchev–Trinajstić information content (AvgIpc) is 3.06. The van der Waals surface area contributed by atoms with Crippen LogP contribution < -0.4 is 4.72 Å². The van der Waals surface area contributed by atoms with Crippen LogP contribution >= 0.6 is 0 Å². The summed E-state index contributed by atoms with van der Waals surface area (Å²) in [5.74, 6) is 1.10. The fraction of sp³-hybridized carbons (Fsp3) is 0.200. The van der Waals surface area contributed by atoms with E-state index >= 15 is 0 Å². The number of hydrogen-bond donors (Lipinski definition) is 1. The number of benzene rings is 1. The van der Waals surface area contributed by atoms with Crippen LogP contribution in [0.25, 0.3) is 11.4 Å². The van der Waals surface area contributed by atoms with Gasteiger partial charge in [0.1, 0.15) is 23.0 Å². The maximum absolute atomic E-state index is 12.2. The van der Waals surface area contributed by atoms with Crippen molar-refractivity contribution in [3.05, 3.63) is 54.2 Å². The van der Waals surface area contributed by atoms with E-state index in [1.54, 1.807) is 37.4 Å². The van der Waals surface area contributed by atoms with Gasteiger partial charge in [-0.15, -0.1) is 0 Å². The van der Waals surface area contributed by atoms with Gasteiger partial charge in [-0.25, -0.2) is 13.4 Å². The summed E-state index contributed by atoms with van der Waals surface area (Å²) in [5, 5.41) is 3.70. The molecule has 0 saturated carbocycles. The molecule has 0 radical (unpaired) electrons. The summed E-state index contributed by atoms with van der Waals surface area (Å²) in [7, 11) is -1.69. The van der Waals surface area contributed by atoms with Crippen molar-refractivity contribution in [2.24, 2.45) is 7.05 Å². The third-order valence-corrected chi connectivity index (χ3v) is 4.45. The van der Waals surface area contributed by atoms with E-state index in [-0.39, 0.29) is 5.75 Å². The molecule has 0 aliphatic carbocycles. The molecule has 0 aliphatic rings. The second-order valence-corrected chi connectivity index (χ2v) is 6.95. The Kier molecular flexibility index (Phi) is 3.91. The monoisotopic (exact) mass is 332 g/mol. The number of aryl methyl sites for hydroxylation is 2. The highest BCUT2D eigenvalue weighted by atomic mass is 32.2. The van der Waals surface area contributed by atoms with Crippen molar-refractivity contribution in [3.8, 4) is 11.4 Å². The molecule has 0 atom stereocenters. The number of imidazole rings is 1. The van der Waals surface area contributed by atoms with Crippen molar-refractivity contribution < 1.29 is 12.9 Å². The van der Waals surface area contributed by atoms with E-state index < -0.39 is 10.0 Å². The third-order valence-electron chi connectivity index (χ3n) is 3.23. The van der Waals surface area contributed by atoms with Gasteiger partial charge in [0.25, 0.3) is 0 Å². The molecule has 2 aromatic heterocycles. The van der Waals surface area contributed by atoms with E-state index in [0.29, 0.717) is 17.1 Å². The number of rotatable bonds is 5. The SMILES string of the molecule is Cc1cc(CS(=O)(=O)Nc2cccc(-c3nccn3C)c2)no1. The maximum atomic E-state index is 12.2. The topological polar surface area (TPSA) is 90.0 Å². The van der Waals surface area contributed by atoms with Gasteiger partial charge in [0.05, 0.1) is 0 Å². The Hall–Kier alpha value is -2.61. The fourth-order valence-electron chi connectivity index (χ4n) is 2.26. The highest BCUT2D eigenvalue weighted by molar-refractivity contribution is 7.91. The molecule has 3 rings (SSSR count). The molecule has 120 valence electrons. The van der Waals surface area contributed by atoms with Gasteiger partial charge >= 0.3 is 0 Å². The lowest BCUT2D eigenvalue weighted by Crippen LogP contribution is -2.15. The summed E-state index contributed by atoms with van der Waals surface area (Å²) in [6.07, 6.45) is 3.53. The second-order valence-electron chi connectivity index (χ2n) is 5.23. The number of nitrogens with one attached hydrogen (secondary N) is 1. The molecule has 8 heteroatoms. The van der Waals surface area contributed by atoms with Crippen LogP contribution in [0.1, 0.15) is 11.5 Å². The Balaban J connectivity index is 1.81. The van der Waals surface area contributed by atoms with Crippen molar-refractivity contribution in [2.45, 2.75) is 12.7 Å². The van der Waals surface area contributed by atoms with Crippen LogP contribution in [0.4, 0.5) is 5.69 Å². The predicted octanol–water partition coefficient (Wildman–Crippen LogP) is 2.33. The average molecular weight is 332 g/mol. The van der Waals surface area contributed by atoms with Gasteiger partial charge in [-0.3, -0.25) is 4.72 Å². The molecule has 0 spiro atoms. The Bertz CT molecular complexity index is 928. The van der Waals surface area contributed by atoms with Gasteiger partial charge < -0.3 is 9.09 Å². The Morgan fingerprint density at radius 1 is 1.30 bits per heavy atom. The zero-order valence-corrected chi connectivity index (χ0v) is 13.5. The predicted molar refractivity (Wildman–Crippen MR) is 86.1 cm³/mol. The normalized spacial score (nSPS) is 11.6. The highest BCUT2D eigenvalue weighted by Gasteiger charge is 2.15. The first-order valence-corrected chi connectivity index (χ1v) is 8.59. The molecule has 1 N–H and O–H groups in total. The summed E-state index contributed by atoms with van der Waals surface area (Å²) in [5.41, 5.74) is 1.68. The quantitative estimate of drug-likeness (QED) is 0.774. The first kappa shape index (κ1) is 15.3. The molecule has 3 aromatic rings. The maximum Gasteiger partial charge on any atom is 0.238 e. The van der Waals surface area contributed by atoms with Gasteiger partial charge in [0, 0.05) is 36.8 Å². The summed E-state index contributed by atoms with van der Waals surface area (Å²) >= 11 is 0. The van der Waals surface area contributed by atoms with Gasteiger partial charge in [0.15, 0.2) is 0 Å². The molecule has 7 nitrogen and oxygen atoms in total. The lowest BCUT2D eigenvalue weighted by atomic mass is 10.2. The molecule has 0 amide bonds. The summed E-state index contributed by atoms with van der Waals surface area (Å²) < 4.78 is 33.8. The van der Waals surface area contributed by atoms with Gasteiger partial charge in [-0.2, -0.15) is 0 Å². The molecule has 0 bridgehead atoms. The van der Waals surface area contributed by atoms with E-state index in [2.05, 4.69) is 14.9 Å². The molecular weight excluding hydrogens is 316 g/mol. The Morgan fingerprint density at radius 3 is 2.78 bits per heavy atom. The lowest BCUT2D eigenvalue weighted by molar-refractivity contribution is 0.392. The Labute approximate surface area is 134 Å². The number of anilines is 1. The van der Waals surface area contributed by atoms with Crippen LogP contribution in [-0.2, 0) is 22.8 Å². The Morgan fingerprint density at radius 2 is 2.13 bits per heavy atom. The van der Waals surface area contributed by atoms with Crippen molar-refractivity contribution in [3.63, 3.8) is 0 Å². The molecule has 1 aromatic carbocycles. The molecular formula is C15H16N4O3S.